The van der Waals surface area contributed by atoms with Crippen molar-refractivity contribution >= 4 is 40.4 Å². The number of amidine groups is 1. The van der Waals surface area contributed by atoms with E-state index in [4.69, 9.17) is 4.74 Å². The van der Waals surface area contributed by atoms with E-state index in [1.165, 1.54) is 11.8 Å². The van der Waals surface area contributed by atoms with Gasteiger partial charge in [0, 0.05) is 4.88 Å². The summed E-state index contributed by atoms with van der Waals surface area (Å²) in [5.41, 5.74) is 1.04. The van der Waals surface area contributed by atoms with Gasteiger partial charge in [0.1, 0.15) is 5.75 Å². The topological polar surface area (TPSA) is 54.3 Å². The fourth-order valence-corrected chi connectivity index (χ4v) is 4.44. The molecule has 142 valence electrons. The van der Waals surface area contributed by atoms with Gasteiger partial charge in [0.2, 0.25) is 5.91 Å². The average molecular weight is 402 g/mol. The second-order valence-corrected chi connectivity index (χ2v) is 8.31. The van der Waals surface area contributed by atoms with E-state index < -0.39 is 0 Å². The first-order valence-corrected chi connectivity index (χ1v) is 10.7. The molecule has 0 radical (unpaired) electrons. The van der Waals surface area contributed by atoms with Crippen molar-refractivity contribution in [2.45, 2.75) is 38.0 Å². The molecule has 1 aromatic carbocycles. The molecule has 3 rings (SSSR count). The fourth-order valence-electron chi connectivity index (χ4n) is 2.72. The van der Waals surface area contributed by atoms with Crippen LogP contribution in [0.3, 0.4) is 0 Å². The van der Waals surface area contributed by atoms with Crippen molar-refractivity contribution in [3.63, 3.8) is 0 Å². The maximum Gasteiger partial charge on any atom is 0.242 e. The Morgan fingerprint density at radius 3 is 2.74 bits per heavy atom. The number of benzene rings is 1. The molecule has 1 fully saturated rings. The van der Waals surface area contributed by atoms with E-state index >= 15 is 0 Å². The van der Waals surface area contributed by atoms with Crippen molar-refractivity contribution in [3.05, 3.63) is 52.2 Å². The normalized spacial score (nSPS) is 18.7. The maximum absolute atomic E-state index is 12.9. The lowest BCUT2D eigenvalue weighted by atomic mass is 10.1. The van der Waals surface area contributed by atoms with E-state index in [9.17, 15) is 4.79 Å². The lowest BCUT2D eigenvalue weighted by molar-refractivity contribution is -0.126. The van der Waals surface area contributed by atoms with Crippen LogP contribution in [0.25, 0.3) is 0 Å². The molecule has 0 bridgehead atoms. The van der Waals surface area contributed by atoms with Crippen LogP contribution in [-0.2, 0) is 11.3 Å². The largest absolute Gasteiger partial charge is 0.497 e. The van der Waals surface area contributed by atoms with Crippen molar-refractivity contribution in [3.8, 4) is 5.75 Å². The van der Waals surface area contributed by atoms with Crippen LogP contribution in [0, 0.1) is 0 Å². The summed E-state index contributed by atoms with van der Waals surface area (Å²) < 4.78 is 5.20. The monoisotopic (exact) mass is 401 g/mol. The van der Waals surface area contributed by atoms with Crippen molar-refractivity contribution in [1.82, 2.24) is 4.90 Å². The van der Waals surface area contributed by atoms with E-state index in [-0.39, 0.29) is 11.2 Å². The lowest BCUT2D eigenvalue weighted by Crippen LogP contribution is -2.31. The van der Waals surface area contributed by atoms with Crippen LogP contribution in [0.1, 0.15) is 36.6 Å². The highest BCUT2D eigenvalue weighted by Crippen LogP contribution is 2.32. The van der Waals surface area contributed by atoms with Gasteiger partial charge in [-0.1, -0.05) is 49.7 Å². The molecule has 0 spiro atoms. The Bertz CT molecular complexity index is 801. The second kappa shape index (κ2) is 9.71. The highest BCUT2D eigenvalue weighted by atomic mass is 32.2. The number of ether oxygens (including phenoxy) is 1. The maximum atomic E-state index is 12.9. The molecule has 2 heterocycles. The molecule has 0 N–H and O–H groups in total. The number of carbonyl (C=O) groups is 1. The molecule has 5 nitrogen and oxygen atoms in total. The van der Waals surface area contributed by atoms with Crippen LogP contribution in [0.5, 0.6) is 5.75 Å². The average Bonchev–Trinajstić information content (AvgIpc) is 3.31. The zero-order chi connectivity index (χ0) is 19.1. The minimum atomic E-state index is -0.0705. The predicted molar refractivity (Wildman–Crippen MR) is 114 cm³/mol. The first-order valence-electron chi connectivity index (χ1n) is 8.96. The molecule has 1 atom stereocenters. The number of thiophene rings is 1. The molecule has 0 saturated carbocycles. The van der Waals surface area contributed by atoms with Gasteiger partial charge in [-0.2, -0.15) is 5.10 Å². The summed E-state index contributed by atoms with van der Waals surface area (Å²) in [6, 6.07) is 11.7. The molecule has 0 aliphatic carbocycles. The summed E-state index contributed by atoms with van der Waals surface area (Å²) in [4.78, 5) is 15.7. The number of nitrogens with zero attached hydrogens (tertiary/aromatic N) is 3. The summed E-state index contributed by atoms with van der Waals surface area (Å²) >= 11 is 3.13. The fraction of sp³-hybridized carbons (Fsp3) is 0.350. The molecule has 1 amide bonds. The Labute approximate surface area is 168 Å². The van der Waals surface area contributed by atoms with E-state index in [0.29, 0.717) is 11.7 Å². The quantitative estimate of drug-likeness (QED) is 0.472. The number of unbranched alkanes of at least 4 members (excludes halogenated alkanes) is 1. The number of methoxy groups -OCH3 is 1. The number of thioether (sulfide) groups is 1. The molecular formula is C20H23N3O2S2. The van der Waals surface area contributed by atoms with Crippen molar-refractivity contribution < 1.29 is 9.53 Å². The third-order valence-electron chi connectivity index (χ3n) is 4.21. The van der Waals surface area contributed by atoms with Gasteiger partial charge in [0.05, 0.1) is 25.1 Å². The van der Waals surface area contributed by atoms with Crippen molar-refractivity contribution in [2.75, 3.05) is 7.11 Å². The van der Waals surface area contributed by atoms with Crippen LogP contribution >= 0.6 is 23.1 Å². The number of rotatable bonds is 8. The summed E-state index contributed by atoms with van der Waals surface area (Å²) in [5, 5.41) is 11.2. The van der Waals surface area contributed by atoms with Crippen molar-refractivity contribution in [1.29, 1.82) is 0 Å². The van der Waals surface area contributed by atoms with Gasteiger partial charge in [0.15, 0.2) is 5.17 Å². The third kappa shape index (κ3) is 5.20. The van der Waals surface area contributed by atoms with E-state index in [2.05, 4.69) is 17.1 Å². The summed E-state index contributed by atoms with van der Waals surface area (Å²) in [6.07, 6.45) is 4.71. The molecule has 1 saturated heterocycles. The number of carbonyl (C=O) groups excluding carboxylic acids is 1. The van der Waals surface area contributed by atoms with Gasteiger partial charge in [-0.25, -0.2) is 0 Å². The molecule has 27 heavy (non-hydrogen) atoms. The van der Waals surface area contributed by atoms with E-state index in [0.717, 1.165) is 35.5 Å². The second-order valence-electron chi connectivity index (χ2n) is 6.16. The third-order valence-corrected chi connectivity index (χ3v) is 6.25. The van der Waals surface area contributed by atoms with Crippen LogP contribution in [0.2, 0.25) is 0 Å². The molecular weight excluding hydrogens is 378 g/mol. The molecule has 1 aromatic heterocycles. The first-order chi connectivity index (χ1) is 13.2. The van der Waals surface area contributed by atoms with Gasteiger partial charge < -0.3 is 4.74 Å². The van der Waals surface area contributed by atoms with Crippen LogP contribution in [0.4, 0.5) is 0 Å². The highest BCUT2D eigenvalue weighted by Gasteiger charge is 2.37. The van der Waals surface area contributed by atoms with E-state index in [1.54, 1.807) is 29.6 Å². The van der Waals surface area contributed by atoms with Gasteiger partial charge in [-0.3, -0.25) is 9.69 Å². The molecule has 0 unspecified atom stereocenters. The Kier molecular flexibility index (Phi) is 7.06. The first kappa shape index (κ1) is 19.6. The Balaban J connectivity index is 1.77. The number of hydrogen-bond acceptors (Lipinski definition) is 6. The Morgan fingerprint density at radius 2 is 2.07 bits per heavy atom. The van der Waals surface area contributed by atoms with Crippen molar-refractivity contribution in [2.24, 2.45) is 10.2 Å². The van der Waals surface area contributed by atoms with Gasteiger partial charge >= 0.3 is 0 Å². The van der Waals surface area contributed by atoms with E-state index in [1.807, 2.05) is 41.8 Å². The number of amides is 1. The standard InChI is InChI=1S/C20H23N3O2S2/c1-3-4-7-18-19(24)23(14-15-8-10-16(25-2)11-9-15)20(27-18)22-21-13-17-6-5-12-26-17/h5-6,8-13,18H,3-4,7,14H2,1-2H3/b21-13-,22-20-/t18-/m0/s1. The Morgan fingerprint density at radius 1 is 1.26 bits per heavy atom. The zero-order valence-electron chi connectivity index (χ0n) is 15.5. The molecule has 7 heteroatoms. The van der Waals surface area contributed by atoms with Gasteiger partial charge in [0.25, 0.3) is 0 Å². The SMILES string of the molecule is CCCC[C@@H]1S/C(=N\N=C/c2cccs2)N(Cc2ccc(OC)cc2)C1=O. The van der Waals surface area contributed by atoms with Crippen LogP contribution < -0.4 is 4.74 Å². The predicted octanol–water partition coefficient (Wildman–Crippen LogP) is 4.78. The van der Waals surface area contributed by atoms with Crippen LogP contribution in [0.15, 0.2) is 52.0 Å². The summed E-state index contributed by atoms with van der Waals surface area (Å²) in [5.74, 6) is 0.922. The minimum Gasteiger partial charge on any atom is -0.497 e. The lowest BCUT2D eigenvalue weighted by Gasteiger charge is -2.16. The zero-order valence-corrected chi connectivity index (χ0v) is 17.1. The smallest absolute Gasteiger partial charge is 0.242 e. The van der Waals surface area contributed by atoms with Crippen LogP contribution in [-0.4, -0.2) is 34.5 Å². The summed E-state index contributed by atoms with van der Waals surface area (Å²) in [7, 11) is 1.64. The van der Waals surface area contributed by atoms with Gasteiger partial charge in [-0.15, -0.1) is 16.4 Å². The summed E-state index contributed by atoms with van der Waals surface area (Å²) in [6.45, 7) is 2.63. The highest BCUT2D eigenvalue weighted by molar-refractivity contribution is 8.15. The number of hydrogen-bond donors (Lipinski definition) is 0. The molecule has 1 aliphatic heterocycles. The molecule has 1 aliphatic rings. The minimum absolute atomic E-state index is 0.0705. The Hall–Kier alpha value is -2.12. The molecule has 2 aromatic rings. The van der Waals surface area contributed by atoms with Gasteiger partial charge in [-0.05, 0) is 35.6 Å².